The van der Waals surface area contributed by atoms with E-state index >= 15 is 0 Å². The molecule has 1 aliphatic heterocycles. The number of carbonyl (C=O) groups excluding carboxylic acids is 2. The minimum atomic E-state index is -3.73. The molecule has 1 N–H and O–H groups in total. The van der Waals surface area contributed by atoms with E-state index in [-0.39, 0.29) is 49.8 Å². The molecular weight excluding hydrogens is 458 g/mol. The Morgan fingerprint density at radius 3 is 2.29 bits per heavy atom. The molecule has 0 spiro atoms. The number of ether oxygens (including phenoxy) is 2. The summed E-state index contributed by atoms with van der Waals surface area (Å²) in [4.78, 5) is 26.2. The van der Waals surface area contributed by atoms with E-state index in [9.17, 15) is 18.0 Å². The van der Waals surface area contributed by atoms with Crippen molar-refractivity contribution in [3.63, 3.8) is 0 Å². The first kappa shape index (κ1) is 25.5. The molecule has 2 amide bonds. The van der Waals surface area contributed by atoms with E-state index in [4.69, 9.17) is 9.47 Å². The number of hydrogen-bond acceptors (Lipinski definition) is 6. The highest BCUT2D eigenvalue weighted by atomic mass is 32.2. The summed E-state index contributed by atoms with van der Waals surface area (Å²) >= 11 is 0. The summed E-state index contributed by atoms with van der Waals surface area (Å²) in [5, 5.41) is 2.97. The molecule has 1 saturated heterocycles. The van der Waals surface area contributed by atoms with Crippen LogP contribution in [0.4, 0.5) is 4.79 Å². The van der Waals surface area contributed by atoms with Gasteiger partial charge in [0.2, 0.25) is 10.0 Å². The first-order valence-electron chi connectivity index (χ1n) is 11.3. The van der Waals surface area contributed by atoms with Crippen molar-refractivity contribution in [1.29, 1.82) is 0 Å². The predicted molar refractivity (Wildman–Crippen MR) is 127 cm³/mol. The molecule has 2 aromatic carbocycles. The van der Waals surface area contributed by atoms with Crippen LogP contribution >= 0.6 is 0 Å². The van der Waals surface area contributed by atoms with Gasteiger partial charge in [-0.1, -0.05) is 12.1 Å². The largest absolute Gasteiger partial charge is 0.494 e. The van der Waals surface area contributed by atoms with E-state index in [1.54, 1.807) is 11.8 Å². The normalized spacial score (nSPS) is 15.4. The Labute approximate surface area is 200 Å². The smallest absolute Gasteiger partial charge is 0.338 e. The predicted octanol–water partition coefficient (Wildman–Crippen LogP) is 3.04. The number of piperazine rings is 1. The number of nitrogens with one attached hydrogen (secondary N) is 1. The van der Waals surface area contributed by atoms with Crippen molar-refractivity contribution in [2.45, 2.75) is 31.7 Å². The summed E-state index contributed by atoms with van der Waals surface area (Å²) in [6.07, 6.45) is 0. The van der Waals surface area contributed by atoms with Crippen molar-refractivity contribution >= 4 is 22.0 Å². The van der Waals surface area contributed by atoms with E-state index in [1.807, 2.05) is 38.1 Å². The highest BCUT2D eigenvalue weighted by molar-refractivity contribution is 7.89. The fraction of sp³-hybridized carbons (Fsp3) is 0.417. The van der Waals surface area contributed by atoms with Gasteiger partial charge in [-0.15, -0.1) is 0 Å². The monoisotopic (exact) mass is 489 g/mol. The molecule has 0 aliphatic carbocycles. The summed E-state index contributed by atoms with van der Waals surface area (Å²) in [6.45, 7) is 7.24. The molecule has 1 heterocycles. The first-order chi connectivity index (χ1) is 16.3. The topological polar surface area (TPSA) is 105 Å². The number of sulfonamides is 1. The maximum Gasteiger partial charge on any atom is 0.338 e. The Kier molecular flexibility index (Phi) is 8.51. The van der Waals surface area contributed by atoms with Crippen molar-refractivity contribution in [2.75, 3.05) is 39.4 Å². The molecule has 2 aromatic rings. The molecule has 34 heavy (non-hydrogen) atoms. The number of hydrogen-bond donors (Lipinski definition) is 1. The van der Waals surface area contributed by atoms with Gasteiger partial charge in [-0.2, -0.15) is 4.31 Å². The molecule has 1 atom stereocenters. The maximum absolute atomic E-state index is 13.0. The molecule has 184 valence electrons. The van der Waals surface area contributed by atoms with E-state index in [0.29, 0.717) is 12.2 Å². The lowest BCUT2D eigenvalue weighted by Crippen LogP contribution is -2.53. The van der Waals surface area contributed by atoms with Crippen LogP contribution in [0.3, 0.4) is 0 Å². The molecule has 1 unspecified atom stereocenters. The highest BCUT2D eigenvalue weighted by Gasteiger charge is 2.30. The van der Waals surface area contributed by atoms with Crippen molar-refractivity contribution in [3.8, 4) is 5.75 Å². The minimum Gasteiger partial charge on any atom is -0.494 e. The van der Waals surface area contributed by atoms with Gasteiger partial charge in [-0.05, 0) is 62.7 Å². The average Bonchev–Trinajstić information content (AvgIpc) is 2.84. The number of carbonyl (C=O) groups is 2. The molecule has 9 nitrogen and oxygen atoms in total. The van der Waals surface area contributed by atoms with Crippen LogP contribution in [0, 0.1) is 0 Å². The Morgan fingerprint density at radius 2 is 1.68 bits per heavy atom. The highest BCUT2D eigenvalue weighted by Crippen LogP contribution is 2.21. The van der Waals surface area contributed by atoms with Gasteiger partial charge in [0.25, 0.3) is 0 Å². The van der Waals surface area contributed by atoms with Crippen LogP contribution in [0.2, 0.25) is 0 Å². The molecule has 10 heteroatoms. The summed E-state index contributed by atoms with van der Waals surface area (Å²) < 4.78 is 37.8. The van der Waals surface area contributed by atoms with Gasteiger partial charge in [0.1, 0.15) is 5.75 Å². The van der Waals surface area contributed by atoms with Gasteiger partial charge in [0.05, 0.1) is 29.7 Å². The fourth-order valence-electron chi connectivity index (χ4n) is 3.66. The lowest BCUT2D eigenvalue weighted by atomic mass is 10.1. The van der Waals surface area contributed by atoms with E-state index < -0.39 is 16.0 Å². The van der Waals surface area contributed by atoms with E-state index in [2.05, 4.69) is 5.32 Å². The number of amides is 2. The van der Waals surface area contributed by atoms with Gasteiger partial charge in [-0.3, -0.25) is 0 Å². The third-order valence-corrected chi connectivity index (χ3v) is 7.45. The Bertz CT molecular complexity index is 1100. The van der Waals surface area contributed by atoms with Crippen LogP contribution in [0.5, 0.6) is 5.75 Å². The molecule has 0 aromatic heterocycles. The lowest BCUT2D eigenvalue weighted by Gasteiger charge is -2.34. The second-order valence-corrected chi connectivity index (χ2v) is 9.75. The van der Waals surface area contributed by atoms with Crippen LogP contribution in [-0.4, -0.2) is 69.0 Å². The maximum atomic E-state index is 13.0. The zero-order valence-electron chi connectivity index (χ0n) is 19.7. The standard InChI is InChI=1S/C24H31N3O6S/c1-4-32-21-8-6-7-20(17-21)18(3)25-24(29)26-13-15-27(16-14-26)34(30,31)22-11-9-19(10-12-22)23(28)33-5-2/h6-12,17-18H,4-5,13-16H2,1-3H3,(H,25,29). The van der Waals surface area contributed by atoms with Gasteiger partial charge in [0, 0.05) is 26.2 Å². The molecule has 3 rings (SSSR count). The molecule has 1 aliphatic rings. The quantitative estimate of drug-likeness (QED) is 0.572. The minimum absolute atomic E-state index is 0.0984. The van der Waals surface area contributed by atoms with Crippen molar-refractivity contribution in [3.05, 3.63) is 59.7 Å². The molecular formula is C24H31N3O6S. The second kappa shape index (κ2) is 11.3. The van der Waals surface area contributed by atoms with Crippen LogP contribution in [0.25, 0.3) is 0 Å². The second-order valence-electron chi connectivity index (χ2n) is 7.81. The summed E-state index contributed by atoms with van der Waals surface area (Å²) in [7, 11) is -3.73. The number of benzene rings is 2. The average molecular weight is 490 g/mol. The third kappa shape index (κ3) is 6.06. The third-order valence-electron chi connectivity index (χ3n) is 5.54. The molecule has 0 saturated carbocycles. The van der Waals surface area contributed by atoms with Crippen LogP contribution in [-0.2, 0) is 14.8 Å². The van der Waals surface area contributed by atoms with Crippen molar-refractivity contribution in [1.82, 2.24) is 14.5 Å². The molecule has 1 fully saturated rings. The van der Waals surface area contributed by atoms with Gasteiger partial charge in [0.15, 0.2) is 0 Å². The van der Waals surface area contributed by atoms with Crippen LogP contribution in [0.1, 0.15) is 42.7 Å². The van der Waals surface area contributed by atoms with E-state index in [0.717, 1.165) is 11.3 Å². The summed E-state index contributed by atoms with van der Waals surface area (Å²) in [5.41, 5.74) is 1.22. The molecule has 0 radical (unpaired) electrons. The van der Waals surface area contributed by atoms with Crippen LogP contribution < -0.4 is 10.1 Å². The van der Waals surface area contributed by atoms with Crippen molar-refractivity contribution < 1.29 is 27.5 Å². The number of esters is 1. The zero-order chi connectivity index (χ0) is 24.7. The van der Waals surface area contributed by atoms with Gasteiger partial charge in [-0.25, -0.2) is 18.0 Å². The summed E-state index contributed by atoms with van der Waals surface area (Å²) in [5.74, 6) is 0.250. The van der Waals surface area contributed by atoms with E-state index in [1.165, 1.54) is 28.6 Å². The SMILES string of the molecule is CCOC(=O)c1ccc(S(=O)(=O)N2CCN(C(=O)NC(C)c3cccc(OCC)c3)CC2)cc1. The number of urea groups is 1. The van der Waals surface area contributed by atoms with Gasteiger partial charge < -0.3 is 19.7 Å². The number of nitrogens with zero attached hydrogens (tertiary/aromatic N) is 2. The summed E-state index contributed by atoms with van der Waals surface area (Å²) in [6, 6.07) is 12.8. The zero-order valence-corrected chi connectivity index (χ0v) is 20.5. The lowest BCUT2D eigenvalue weighted by molar-refractivity contribution is 0.0526. The Morgan fingerprint density at radius 1 is 1.00 bits per heavy atom. The molecule has 0 bridgehead atoms. The van der Waals surface area contributed by atoms with Crippen molar-refractivity contribution in [2.24, 2.45) is 0 Å². The number of rotatable bonds is 8. The van der Waals surface area contributed by atoms with Crippen LogP contribution in [0.15, 0.2) is 53.4 Å². The van der Waals surface area contributed by atoms with Gasteiger partial charge >= 0.3 is 12.0 Å². The Balaban J connectivity index is 1.57. The first-order valence-corrected chi connectivity index (χ1v) is 12.8. The fourth-order valence-corrected chi connectivity index (χ4v) is 5.08. The Hall–Kier alpha value is -3.11.